The third kappa shape index (κ3) is 4.77. The quantitative estimate of drug-likeness (QED) is 0.447. The lowest BCUT2D eigenvalue weighted by atomic mass is 10.2. The molecule has 3 rings (SSSR count). The van der Waals surface area contributed by atoms with E-state index in [1.165, 1.54) is 11.3 Å². The maximum atomic E-state index is 12.3. The molecule has 8 heteroatoms. The van der Waals surface area contributed by atoms with Gasteiger partial charge < -0.3 is 14.8 Å². The van der Waals surface area contributed by atoms with Gasteiger partial charge in [0.25, 0.3) is 5.91 Å². The molecule has 0 aliphatic heterocycles. The van der Waals surface area contributed by atoms with Crippen molar-refractivity contribution < 1.29 is 14.3 Å². The molecule has 28 heavy (non-hydrogen) atoms. The van der Waals surface area contributed by atoms with Crippen LogP contribution in [0.25, 0.3) is 10.2 Å². The van der Waals surface area contributed by atoms with Crippen molar-refractivity contribution in [1.82, 2.24) is 10.4 Å². The molecule has 146 valence electrons. The highest BCUT2D eigenvalue weighted by atomic mass is 32.1. The topological polar surface area (TPSA) is 84.8 Å². The second-order valence-electron chi connectivity index (χ2n) is 5.93. The molecule has 2 N–H and O–H groups in total. The van der Waals surface area contributed by atoms with Crippen LogP contribution in [0.15, 0.2) is 47.6 Å². The Balaban J connectivity index is 1.58. The number of nitrogens with one attached hydrogen (secondary N) is 2. The van der Waals surface area contributed by atoms with Crippen LogP contribution in [0, 0.1) is 0 Å². The molecule has 0 radical (unpaired) electrons. The van der Waals surface area contributed by atoms with E-state index in [4.69, 9.17) is 9.47 Å². The van der Waals surface area contributed by atoms with E-state index in [1.54, 1.807) is 26.3 Å². The number of benzene rings is 2. The number of ether oxygens (including phenoxy) is 2. The predicted molar refractivity (Wildman–Crippen MR) is 113 cm³/mol. The number of rotatable bonds is 8. The number of amides is 1. The second-order valence-corrected chi connectivity index (χ2v) is 6.96. The Morgan fingerprint density at radius 2 is 2.11 bits per heavy atom. The summed E-state index contributed by atoms with van der Waals surface area (Å²) in [4.78, 5) is 16.7. The first kappa shape index (κ1) is 19.6. The fraction of sp³-hybridized carbons (Fsp3) is 0.250. The standard InChI is InChI=1S/C20H22N4O3S/c1-4-27-16-10-9-14(11-17(16)26-3)12-21-24-19(25)13(2)22-20-23-15-7-5-6-8-18(15)28-20/h5-13H,4H2,1-3H3,(H,22,23)(H,24,25)/b21-12-/t13-/m0/s1. The molecule has 0 fully saturated rings. The van der Waals surface area contributed by atoms with Gasteiger partial charge in [0, 0.05) is 0 Å². The number of methoxy groups -OCH3 is 1. The third-order valence-corrected chi connectivity index (χ3v) is 4.87. The van der Waals surface area contributed by atoms with Crippen molar-refractivity contribution >= 4 is 38.8 Å². The Kier molecular flexibility index (Phi) is 6.44. The molecule has 7 nitrogen and oxygen atoms in total. The van der Waals surface area contributed by atoms with Crippen molar-refractivity contribution in [2.75, 3.05) is 19.0 Å². The average Bonchev–Trinajstić information content (AvgIpc) is 3.11. The molecule has 3 aromatic rings. The summed E-state index contributed by atoms with van der Waals surface area (Å²) < 4.78 is 11.9. The molecule has 0 aliphatic rings. The molecule has 0 unspecified atom stereocenters. The third-order valence-electron chi connectivity index (χ3n) is 3.90. The second kappa shape index (κ2) is 9.18. The SMILES string of the molecule is CCOc1ccc(/C=N\NC(=O)[C@H](C)Nc2nc3ccccc3s2)cc1OC. The first-order valence-corrected chi connectivity index (χ1v) is 9.68. The fourth-order valence-electron chi connectivity index (χ4n) is 2.49. The van der Waals surface area contributed by atoms with E-state index in [9.17, 15) is 4.79 Å². The molecule has 1 heterocycles. The number of anilines is 1. The van der Waals surface area contributed by atoms with Gasteiger partial charge in [-0.25, -0.2) is 10.4 Å². The van der Waals surface area contributed by atoms with Gasteiger partial charge in [0.15, 0.2) is 16.6 Å². The minimum absolute atomic E-state index is 0.256. The van der Waals surface area contributed by atoms with Crippen LogP contribution >= 0.6 is 11.3 Å². The van der Waals surface area contributed by atoms with E-state index in [2.05, 4.69) is 20.8 Å². The molecule has 1 amide bonds. The number of hydrogen-bond acceptors (Lipinski definition) is 7. The van der Waals surface area contributed by atoms with Crippen LogP contribution in [0.1, 0.15) is 19.4 Å². The summed E-state index contributed by atoms with van der Waals surface area (Å²) in [7, 11) is 1.58. The van der Waals surface area contributed by atoms with E-state index in [-0.39, 0.29) is 5.91 Å². The van der Waals surface area contributed by atoms with Gasteiger partial charge in [0.1, 0.15) is 6.04 Å². The number of fused-ring (bicyclic) bond motifs is 1. The average molecular weight is 398 g/mol. The van der Waals surface area contributed by atoms with Crippen LogP contribution in [0.3, 0.4) is 0 Å². The van der Waals surface area contributed by atoms with E-state index >= 15 is 0 Å². The van der Waals surface area contributed by atoms with E-state index in [0.717, 1.165) is 15.8 Å². The lowest BCUT2D eigenvalue weighted by Crippen LogP contribution is -2.34. The zero-order valence-corrected chi connectivity index (χ0v) is 16.7. The number of aromatic nitrogens is 1. The van der Waals surface area contributed by atoms with Gasteiger partial charge in [-0.2, -0.15) is 5.10 Å². The first-order chi connectivity index (χ1) is 13.6. The van der Waals surface area contributed by atoms with Gasteiger partial charge in [-0.1, -0.05) is 23.5 Å². The Bertz CT molecular complexity index is 953. The highest BCUT2D eigenvalue weighted by Crippen LogP contribution is 2.27. The van der Waals surface area contributed by atoms with Gasteiger partial charge >= 0.3 is 0 Å². The van der Waals surface area contributed by atoms with Gasteiger partial charge in [-0.15, -0.1) is 0 Å². The predicted octanol–water partition coefficient (Wildman–Crippen LogP) is 3.65. The van der Waals surface area contributed by atoms with E-state index < -0.39 is 6.04 Å². The molecule has 0 saturated heterocycles. The minimum atomic E-state index is -0.479. The largest absolute Gasteiger partial charge is 0.493 e. The molecule has 0 aliphatic carbocycles. The zero-order chi connectivity index (χ0) is 19.9. The summed E-state index contributed by atoms with van der Waals surface area (Å²) >= 11 is 1.51. The highest BCUT2D eigenvalue weighted by molar-refractivity contribution is 7.22. The number of carbonyl (C=O) groups excluding carboxylic acids is 1. The smallest absolute Gasteiger partial charge is 0.262 e. The van der Waals surface area contributed by atoms with Crippen LogP contribution in [0.4, 0.5) is 5.13 Å². The normalized spacial score (nSPS) is 12.1. The van der Waals surface area contributed by atoms with Gasteiger partial charge in [-0.05, 0) is 49.7 Å². The maximum absolute atomic E-state index is 12.3. The van der Waals surface area contributed by atoms with Gasteiger partial charge in [0.2, 0.25) is 0 Å². The summed E-state index contributed by atoms with van der Waals surface area (Å²) in [6.07, 6.45) is 1.56. The lowest BCUT2D eigenvalue weighted by Gasteiger charge is -2.11. The van der Waals surface area contributed by atoms with Crippen molar-refractivity contribution in [2.24, 2.45) is 5.10 Å². The summed E-state index contributed by atoms with van der Waals surface area (Å²) in [5.74, 6) is 1.02. The summed E-state index contributed by atoms with van der Waals surface area (Å²) in [5.41, 5.74) is 4.23. The number of hydrazone groups is 1. The number of nitrogens with zero attached hydrogens (tertiary/aromatic N) is 2. The monoisotopic (exact) mass is 398 g/mol. The van der Waals surface area contributed by atoms with Gasteiger partial charge in [-0.3, -0.25) is 4.79 Å². The van der Waals surface area contributed by atoms with Crippen LogP contribution in [-0.2, 0) is 4.79 Å². The van der Waals surface area contributed by atoms with Crippen molar-refractivity contribution in [2.45, 2.75) is 19.9 Å². The summed E-state index contributed by atoms with van der Waals surface area (Å²) in [6, 6.07) is 12.8. The molecular weight excluding hydrogens is 376 g/mol. The maximum Gasteiger partial charge on any atom is 0.262 e. The van der Waals surface area contributed by atoms with Crippen LogP contribution in [-0.4, -0.2) is 36.9 Å². The number of carbonyl (C=O) groups is 1. The molecule has 1 atom stereocenters. The van der Waals surface area contributed by atoms with Crippen LogP contribution in [0.2, 0.25) is 0 Å². The molecule has 0 saturated carbocycles. The number of hydrogen-bond donors (Lipinski definition) is 2. The minimum Gasteiger partial charge on any atom is -0.493 e. The zero-order valence-electron chi connectivity index (χ0n) is 15.9. The highest BCUT2D eigenvalue weighted by Gasteiger charge is 2.14. The van der Waals surface area contributed by atoms with Crippen LogP contribution < -0.4 is 20.2 Å². The number of para-hydroxylation sites is 1. The van der Waals surface area contributed by atoms with Crippen molar-refractivity contribution in [3.8, 4) is 11.5 Å². The Hall–Kier alpha value is -3.13. The van der Waals surface area contributed by atoms with Gasteiger partial charge in [0.05, 0.1) is 30.1 Å². The first-order valence-electron chi connectivity index (χ1n) is 8.86. The molecule has 1 aromatic heterocycles. The number of thiazole rings is 1. The Morgan fingerprint density at radius 3 is 2.86 bits per heavy atom. The van der Waals surface area contributed by atoms with E-state index in [1.807, 2.05) is 43.3 Å². The summed E-state index contributed by atoms with van der Waals surface area (Å²) in [5, 5.41) is 7.82. The molecular formula is C20H22N4O3S. The van der Waals surface area contributed by atoms with Crippen molar-refractivity contribution in [3.05, 3.63) is 48.0 Å². The van der Waals surface area contributed by atoms with Crippen LogP contribution in [0.5, 0.6) is 11.5 Å². The Morgan fingerprint density at radius 1 is 1.29 bits per heavy atom. The van der Waals surface area contributed by atoms with E-state index in [0.29, 0.717) is 23.2 Å². The Labute approximate surface area is 167 Å². The fourth-order valence-corrected chi connectivity index (χ4v) is 3.44. The lowest BCUT2D eigenvalue weighted by molar-refractivity contribution is -0.121. The molecule has 2 aromatic carbocycles. The van der Waals surface area contributed by atoms with Crippen molar-refractivity contribution in [1.29, 1.82) is 0 Å². The molecule has 0 spiro atoms. The molecule has 0 bridgehead atoms. The summed E-state index contributed by atoms with van der Waals surface area (Å²) in [6.45, 7) is 4.23. The van der Waals surface area contributed by atoms with Crippen molar-refractivity contribution in [3.63, 3.8) is 0 Å².